The molecule has 0 aliphatic heterocycles. The van der Waals surface area contributed by atoms with Crippen LogP contribution in [0.4, 0.5) is 10.1 Å². The van der Waals surface area contributed by atoms with Gasteiger partial charge in [0, 0.05) is 47.5 Å². The first-order valence-corrected chi connectivity index (χ1v) is 12.1. The Bertz CT molecular complexity index is 1700. The fourth-order valence-electron chi connectivity index (χ4n) is 4.59. The summed E-state index contributed by atoms with van der Waals surface area (Å²) >= 11 is 0. The summed E-state index contributed by atoms with van der Waals surface area (Å²) in [5.74, 6) is -0.286. The summed E-state index contributed by atoms with van der Waals surface area (Å²) in [6, 6.07) is 21.0. The molecule has 4 heterocycles. The molecule has 0 unspecified atom stereocenters. The molecule has 0 bridgehead atoms. The minimum atomic E-state index is -0.286. The maximum Gasteiger partial charge on any atom is 0.138 e. The van der Waals surface area contributed by atoms with Gasteiger partial charge in [0.15, 0.2) is 0 Å². The lowest BCUT2D eigenvalue weighted by atomic mass is 10.0. The second kappa shape index (κ2) is 9.48. The number of aromatic nitrogens is 5. The van der Waals surface area contributed by atoms with Gasteiger partial charge in [-0.25, -0.2) is 9.37 Å². The van der Waals surface area contributed by atoms with E-state index in [-0.39, 0.29) is 5.82 Å². The average molecular weight is 492 g/mol. The monoisotopic (exact) mass is 491 g/mol. The van der Waals surface area contributed by atoms with Gasteiger partial charge in [0.2, 0.25) is 0 Å². The van der Waals surface area contributed by atoms with Gasteiger partial charge in [-0.15, -0.1) is 0 Å². The van der Waals surface area contributed by atoms with E-state index in [1.54, 1.807) is 18.5 Å². The standard InChI is InChI=1S/C29H26FN7/c1-37(2)12-11-31-21-14-19(13-20(30)16-21)22-8-10-33-29-23(22)17-27(34-29)28-24-15-18(6-7-26(24)35-36-28)25-5-3-4-9-32-25/h3-10,13-17,31H,11-12H2,1-2H3,(H,33,34)(H,35,36). The van der Waals surface area contributed by atoms with Gasteiger partial charge in [-0.3, -0.25) is 10.1 Å². The number of nitrogens with zero attached hydrogens (tertiary/aromatic N) is 4. The second-order valence-corrected chi connectivity index (χ2v) is 9.31. The van der Waals surface area contributed by atoms with Gasteiger partial charge in [0.1, 0.15) is 17.2 Å². The number of nitrogens with one attached hydrogen (secondary N) is 3. The van der Waals surface area contributed by atoms with Crippen molar-refractivity contribution in [2.24, 2.45) is 0 Å². The number of anilines is 1. The molecule has 0 aliphatic carbocycles. The van der Waals surface area contributed by atoms with E-state index in [4.69, 9.17) is 0 Å². The maximum atomic E-state index is 14.6. The van der Waals surface area contributed by atoms with Crippen LogP contribution >= 0.6 is 0 Å². The summed E-state index contributed by atoms with van der Waals surface area (Å²) in [5, 5.41) is 12.9. The minimum Gasteiger partial charge on any atom is -0.384 e. The van der Waals surface area contributed by atoms with Crippen LogP contribution in [0.1, 0.15) is 0 Å². The van der Waals surface area contributed by atoms with Crippen molar-refractivity contribution in [1.82, 2.24) is 30.0 Å². The fourth-order valence-corrected chi connectivity index (χ4v) is 4.59. The van der Waals surface area contributed by atoms with Gasteiger partial charge < -0.3 is 15.2 Å². The first kappa shape index (κ1) is 22.9. The number of hydrogen-bond donors (Lipinski definition) is 3. The smallest absolute Gasteiger partial charge is 0.138 e. The highest BCUT2D eigenvalue weighted by atomic mass is 19.1. The van der Waals surface area contributed by atoms with Crippen molar-refractivity contribution in [3.63, 3.8) is 0 Å². The summed E-state index contributed by atoms with van der Waals surface area (Å²) in [6.45, 7) is 1.58. The van der Waals surface area contributed by atoms with E-state index < -0.39 is 0 Å². The predicted molar refractivity (Wildman–Crippen MR) is 147 cm³/mol. The highest BCUT2D eigenvalue weighted by Crippen LogP contribution is 2.35. The predicted octanol–water partition coefficient (Wildman–Crippen LogP) is 5.95. The fraction of sp³-hybridized carbons (Fsp3) is 0.138. The zero-order chi connectivity index (χ0) is 25.4. The summed E-state index contributed by atoms with van der Waals surface area (Å²) in [7, 11) is 4.02. The van der Waals surface area contributed by atoms with Crippen molar-refractivity contribution >= 4 is 27.6 Å². The lowest BCUT2D eigenvalue weighted by molar-refractivity contribution is 0.425. The first-order valence-electron chi connectivity index (χ1n) is 12.1. The Balaban J connectivity index is 1.41. The van der Waals surface area contributed by atoms with Crippen LogP contribution in [0.2, 0.25) is 0 Å². The summed E-state index contributed by atoms with van der Waals surface area (Å²) in [5.41, 5.74) is 7.63. The number of fused-ring (bicyclic) bond motifs is 2. The van der Waals surface area contributed by atoms with Crippen molar-refractivity contribution in [2.75, 3.05) is 32.5 Å². The molecule has 0 radical (unpaired) electrons. The number of pyridine rings is 2. The number of aromatic amines is 2. The van der Waals surface area contributed by atoms with Crippen LogP contribution in [-0.4, -0.2) is 57.2 Å². The summed E-state index contributed by atoms with van der Waals surface area (Å²) in [6.07, 6.45) is 3.53. The topological polar surface area (TPSA) is 85.5 Å². The Morgan fingerprint density at radius 2 is 1.81 bits per heavy atom. The second-order valence-electron chi connectivity index (χ2n) is 9.31. The van der Waals surface area contributed by atoms with Crippen LogP contribution in [-0.2, 0) is 0 Å². The molecule has 0 saturated carbocycles. The molecule has 6 aromatic rings. The van der Waals surface area contributed by atoms with E-state index >= 15 is 0 Å². The lowest BCUT2D eigenvalue weighted by Gasteiger charge is -2.13. The normalized spacial score (nSPS) is 11.6. The van der Waals surface area contributed by atoms with Crippen LogP contribution in [0.3, 0.4) is 0 Å². The number of likely N-dealkylation sites (N-methyl/N-ethyl adjacent to an activating group) is 1. The van der Waals surface area contributed by atoms with E-state index in [9.17, 15) is 4.39 Å². The average Bonchev–Trinajstić information content (AvgIpc) is 3.52. The van der Waals surface area contributed by atoms with Crippen LogP contribution in [0.25, 0.3) is 55.7 Å². The van der Waals surface area contributed by atoms with Crippen molar-refractivity contribution in [2.45, 2.75) is 0 Å². The van der Waals surface area contributed by atoms with Gasteiger partial charge in [0.25, 0.3) is 0 Å². The molecule has 184 valence electrons. The highest BCUT2D eigenvalue weighted by molar-refractivity contribution is 6.00. The van der Waals surface area contributed by atoms with Gasteiger partial charge in [-0.2, -0.15) is 5.10 Å². The Morgan fingerprint density at radius 1 is 0.892 bits per heavy atom. The van der Waals surface area contributed by atoms with Gasteiger partial charge in [-0.1, -0.05) is 12.1 Å². The van der Waals surface area contributed by atoms with Crippen LogP contribution < -0.4 is 5.32 Å². The number of H-pyrrole nitrogens is 2. The van der Waals surface area contributed by atoms with Crippen LogP contribution in [0, 0.1) is 5.82 Å². The number of halogens is 1. The lowest BCUT2D eigenvalue weighted by Crippen LogP contribution is -2.20. The van der Waals surface area contributed by atoms with Gasteiger partial charge >= 0.3 is 0 Å². The molecule has 0 aliphatic rings. The first-order chi connectivity index (χ1) is 18.0. The highest BCUT2D eigenvalue weighted by Gasteiger charge is 2.16. The molecule has 0 atom stereocenters. The van der Waals surface area contributed by atoms with E-state index in [0.717, 1.165) is 74.5 Å². The summed E-state index contributed by atoms with van der Waals surface area (Å²) in [4.78, 5) is 14.5. The molecule has 4 aromatic heterocycles. The Hall–Kier alpha value is -4.56. The molecule has 7 nitrogen and oxygen atoms in total. The Labute approximate surface area is 213 Å². The van der Waals surface area contributed by atoms with E-state index in [0.29, 0.717) is 0 Å². The van der Waals surface area contributed by atoms with Crippen molar-refractivity contribution in [3.05, 3.63) is 84.9 Å². The molecule has 0 fully saturated rings. The molecule has 3 N–H and O–H groups in total. The van der Waals surface area contributed by atoms with Crippen molar-refractivity contribution in [1.29, 1.82) is 0 Å². The van der Waals surface area contributed by atoms with Crippen LogP contribution in [0.15, 0.2) is 79.1 Å². The SMILES string of the molecule is CN(C)CCNc1cc(F)cc(-c2ccnc3[nH]c(-c4n[nH]c5ccc(-c6ccccn6)cc45)cc23)c1. The van der Waals surface area contributed by atoms with Crippen molar-refractivity contribution in [3.8, 4) is 33.8 Å². The van der Waals surface area contributed by atoms with E-state index in [1.165, 1.54) is 6.07 Å². The molecule has 6 rings (SSSR count). The Kier molecular flexibility index (Phi) is 5.86. The van der Waals surface area contributed by atoms with Crippen molar-refractivity contribution < 1.29 is 4.39 Å². The zero-order valence-electron chi connectivity index (χ0n) is 20.6. The molecular formula is C29H26FN7. The molecule has 8 heteroatoms. The minimum absolute atomic E-state index is 0.286. The molecule has 2 aromatic carbocycles. The summed E-state index contributed by atoms with van der Waals surface area (Å²) < 4.78 is 14.6. The molecule has 0 saturated heterocycles. The Morgan fingerprint density at radius 3 is 2.65 bits per heavy atom. The van der Waals surface area contributed by atoms with Gasteiger partial charge in [0.05, 0.1) is 16.9 Å². The molecular weight excluding hydrogens is 465 g/mol. The van der Waals surface area contributed by atoms with Crippen LogP contribution in [0.5, 0.6) is 0 Å². The largest absolute Gasteiger partial charge is 0.384 e. The zero-order valence-corrected chi connectivity index (χ0v) is 20.6. The third kappa shape index (κ3) is 4.54. The number of benzene rings is 2. The van der Waals surface area contributed by atoms with E-state index in [2.05, 4.69) is 41.4 Å². The molecule has 37 heavy (non-hydrogen) atoms. The third-order valence-corrected chi connectivity index (χ3v) is 6.41. The number of rotatable bonds is 7. The van der Waals surface area contributed by atoms with E-state index in [1.807, 2.05) is 62.6 Å². The quantitative estimate of drug-likeness (QED) is 0.257. The number of hydrogen-bond acceptors (Lipinski definition) is 5. The van der Waals surface area contributed by atoms with Gasteiger partial charge in [-0.05, 0) is 79.8 Å². The molecule has 0 spiro atoms. The third-order valence-electron chi connectivity index (χ3n) is 6.41. The maximum absolute atomic E-state index is 14.6. The molecule has 0 amide bonds.